The Balaban J connectivity index is 2.55. The first-order chi connectivity index (χ1) is 9.52. The van der Waals surface area contributed by atoms with E-state index in [1.807, 2.05) is 39.0 Å². The monoisotopic (exact) mass is 335 g/mol. The zero-order valence-corrected chi connectivity index (χ0v) is 13.6. The van der Waals surface area contributed by atoms with E-state index in [4.69, 9.17) is 0 Å². The second-order valence-corrected chi connectivity index (χ2v) is 5.89. The minimum Gasteiger partial charge on any atom is -0.306 e. The molecule has 0 radical (unpaired) electrons. The molecule has 20 heavy (non-hydrogen) atoms. The molecule has 3 heteroatoms. The van der Waals surface area contributed by atoms with Crippen molar-refractivity contribution in [1.82, 2.24) is 5.32 Å². The van der Waals surface area contributed by atoms with Crippen LogP contribution in [0.15, 0.2) is 40.9 Å². The molecule has 0 saturated carbocycles. The number of benzene rings is 2. The van der Waals surface area contributed by atoms with Gasteiger partial charge in [-0.05, 0) is 38.1 Å². The lowest BCUT2D eigenvalue weighted by atomic mass is 9.95. The topological polar surface area (TPSA) is 12.0 Å². The van der Waals surface area contributed by atoms with Gasteiger partial charge < -0.3 is 5.32 Å². The standard InChI is InChI=1S/C17H19BrFN/c1-4-20-17(13-9-11(2)5-7-15(13)18)14-10-12(3)6-8-16(14)19/h5-10,17,20H,4H2,1-3H3. The quantitative estimate of drug-likeness (QED) is 0.837. The van der Waals surface area contributed by atoms with Crippen molar-refractivity contribution in [3.63, 3.8) is 0 Å². The maximum atomic E-state index is 14.2. The van der Waals surface area contributed by atoms with E-state index in [2.05, 4.69) is 27.3 Å². The van der Waals surface area contributed by atoms with Crippen LogP contribution >= 0.6 is 15.9 Å². The molecule has 106 valence electrons. The van der Waals surface area contributed by atoms with Crippen molar-refractivity contribution in [2.75, 3.05) is 6.54 Å². The summed E-state index contributed by atoms with van der Waals surface area (Å²) in [6.45, 7) is 6.84. The summed E-state index contributed by atoms with van der Waals surface area (Å²) in [6, 6.07) is 11.3. The first-order valence-corrected chi connectivity index (χ1v) is 7.57. The summed E-state index contributed by atoms with van der Waals surface area (Å²) in [7, 11) is 0. The summed E-state index contributed by atoms with van der Waals surface area (Å²) in [5.41, 5.74) is 3.99. The molecule has 1 nitrogen and oxygen atoms in total. The third-order valence-electron chi connectivity index (χ3n) is 3.33. The fraction of sp³-hybridized carbons (Fsp3) is 0.294. The van der Waals surface area contributed by atoms with Crippen molar-refractivity contribution in [3.05, 3.63) is 68.9 Å². The molecule has 0 fully saturated rings. The fourth-order valence-electron chi connectivity index (χ4n) is 2.36. The van der Waals surface area contributed by atoms with Gasteiger partial charge in [0.15, 0.2) is 0 Å². The van der Waals surface area contributed by atoms with Crippen LogP contribution in [0.2, 0.25) is 0 Å². The smallest absolute Gasteiger partial charge is 0.128 e. The number of hydrogen-bond acceptors (Lipinski definition) is 1. The molecule has 0 aromatic heterocycles. The highest BCUT2D eigenvalue weighted by atomic mass is 79.9. The molecule has 1 N–H and O–H groups in total. The molecule has 2 rings (SSSR count). The van der Waals surface area contributed by atoms with E-state index in [9.17, 15) is 4.39 Å². The van der Waals surface area contributed by atoms with E-state index >= 15 is 0 Å². The molecule has 0 heterocycles. The average Bonchev–Trinajstić information content (AvgIpc) is 2.42. The summed E-state index contributed by atoms with van der Waals surface area (Å²) in [4.78, 5) is 0. The predicted octanol–water partition coefficient (Wildman–Crippen LogP) is 4.90. The van der Waals surface area contributed by atoms with Crippen molar-refractivity contribution in [3.8, 4) is 0 Å². The Morgan fingerprint density at radius 2 is 1.65 bits per heavy atom. The highest BCUT2D eigenvalue weighted by Gasteiger charge is 2.19. The second kappa shape index (κ2) is 6.51. The Kier molecular flexibility index (Phi) is 4.95. The van der Waals surface area contributed by atoms with Crippen LogP contribution in [-0.2, 0) is 0 Å². The lowest BCUT2D eigenvalue weighted by molar-refractivity contribution is 0.557. The summed E-state index contributed by atoms with van der Waals surface area (Å²) in [5.74, 6) is -0.171. The van der Waals surface area contributed by atoms with Crippen molar-refractivity contribution < 1.29 is 4.39 Å². The molecular formula is C17H19BrFN. The molecule has 0 aliphatic rings. The number of nitrogens with one attached hydrogen (secondary N) is 1. The Labute approximate surface area is 128 Å². The van der Waals surface area contributed by atoms with E-state index in [-0.39, 0.29) is 11.9 Å². The van der Waals surface area contributed by atoms with E-state index < -0.39 is 0 Å². The molecule has 1 atom stereocenters. The second-order valence-electron chi connectivity index (χ2n) is 5.04. The van der Waals surface area contributed by atoms with E-state index in [0.29, 0.717) is 5.56 Å². The van der Waals surface area contributed by atoms with Crippen molar-refractivity contribution in [1.29, 1.82) is 0 Å². The molecule has 0 spiro atoms. The molecule has 2 aromatic rings. The Morgan fingerprint density at radius 3 is 2.30 bits per heavy atom. The fourth-order valence-corrected chi connectivity index (χ4v) is 2.84. The van der Waals surface area contributed by atoms with Crippen LogP contribution in [0.1, 0.15) is 35.2 Å². The lowest BCUT2D eigenvalue weighted by Gasteiger charge is -2.22. The minimum absolute atomic E-state index is 0.144. The van der Waals surface area contributed by atoms with Crippen LogP contribution in [0.3, 0.4) is 0 Å². The molecule has 0 amide bonds. The Morgan fingerprint density at radius 1 is 1.05 bits per heavy atom. The van der Waals surface area contributed by atoms with Gasteiger partial charge in [0.2, 0.25) is 0 Å². The maximum absolute atomic E-state index is 14.2. The lowest BCUT2D eigenvalue weighted by Crippen LogP contribution is -2.23. The van der Waals surface area contributed by atoms with Crippen LogP contribution in [0.5, 0.6) is 0 Å². The third kappa shape index (κ3) is 3.28. The molecule has 1 unspecified atom stereocenters. The number of rotatable bonds is 4. The minimum atomic E-state index is -0.171. The zero-order chi connectivity index (χ0) is 14.7. The van der Waals surface area contributed by atoms with E-state index in [0.717, 1.165) is 22.1 Å². The van der Waals surface area contributed by atoms with Crippen LogP contribution in [0, 0.1) is 19.7 Å². The summed E-state index contributed by atoms with van der Waals surface area (Å²) >= 11 is 3.58. The Hall–Kier alpha value is -1.19. The van der Waals surface area contributed by atoms with Gasteiger partial charge in [0.05, 0.1) is 6.04 Å². The molecule has 0 aliphatic carbocycles. The van der Waals surface area contributed by atoms with Crippen molar-refractivity contribution in [2.45, 2.75) is 26.8 Å². The SMILES string of the molecule is CCNC(c1cc(C)ccc1F)c1cc(C)ccc1Br. The molecule has 0 aliphatic heterocycles. The van der Waals surface area contributed by atoms with Crippen LogP contribution in [0.4, 0.5) is 4.39 Å². The summed E-state index contributed by atoms with van der Waals surface area (Å²) in [6.07, 6.45) is 0. The van der Waals surface area contributed by atoms with E-state index in [1.165, 1.54) is 5.56 Å². The summed E-state index contributed by atoms with van der Waals surface area (Å²) in [5, 5.41) is 3.38. The normalized spacial score (nSPS) is 12.4. The molecule has 0 bridgehead atoms. The van der Waals surface area contributed by atoms with Crippen LogP contribution in [-0.4, -0.2) is 6.54 Å². The van der Waals surface area contributed by atoms with Gasteiger partial charge in [0, 0.05) is 10.0 Å². The van der Waals surface area contributed by atoms with Crippen molar-refractivity contribution in [2.24, 2.45) is 0 Å². The molecule has 0 saturated heterocycles. The largest absolute Gasteiger partial charge is 0.306 e. The highest BCUT2D eigenvalue weighted by molar-refractivity contribution is 9.10. The number of hydrogen-bond donors (Lipinski definition) is 1. The van der Waals surface area contributed by atoms with Gasteiger partial charge in [-0.3, -0.25) is 0 Å². The number of aryl methyl sites for hydroxylation is 2. The molecular weight excluding hydrogens is 317 g/mol. The van der Waals surface area contributed by atoms with Gasteiger partial charge in [0.1, 0.15) is 5.82 Å². The van der Waals surface area contributed by atoms with E-state index in [1.54, 1.807) is 12.1 Å². The summed E-state index contributed by atoms with van der Waals surface area (Å²) < 4.78 is 15.2. The van der Waals surface area contributed by atoms with Crippen molar-refractivity contribution >= 4 is 15.9 Å². The van der Waals surface area contributed by atoms with Gasteiger partial charge in [-0.25, -0.2) is 4.39 Å². The highest BCUT2D eigenvalue weighted by Crippen LogP contribution is 2.31. The average molecular weight is 336 g/mol. The number of halogens is 2. The van der Waals surface area contributed by atoms with Gasteiger partial charge in [0.25, 0.3) is 0 Å². The van der Waals surface area contributed by atoms with Gasteiger partial charge >= 0.3 is 0 Å². The van der Waals surface area contributed by atoms with Gasteiger partial charge in [-0.2, -0.15) is 0 Å². The first-order valence-electron chi connectivity index (χ1n) is 6.78. The van der Waals surface area contributed by atoms with Gasteiger partial charge in [-0.1, -0.05) is 58.2 Å². The Bertz CT molecular complexity index is 558. The zero-order valence-electron chi connectivity index (χ0n) is 12.0. The van der Waals surface area contributed by atoms with Gasteiger partial charge in [-0.15, -0.1) is 0 Å². The predicted molar refractivity (Wildman–Crippen MR) is 85.5 cm³/mol. The molecule has 2 aromatic carbocycles. The third-order valence-corrected chi connectivity index (χ3v) is 4.06. The van der Waals surface area contributed by atoms with Crippen LogP contribution in [0.25, 0.3) is 0 Å². The maximum Gasteiger partial charge on any atom is 0.128 e. The first kappa shape index (κ1) is 15.2. The van der Waals surface area contributed by atoms with Crippen LogP contribution < -0.4 is 5.32 Å².